The molecule has 0 rings (SSSR count). The zero-order valence-corrected chi connectivity index (χ0v) is 24.9. The smallest absolute Gasteiger partial charge is 0.472 e. The van der Waals surface area contributed by atoms with Gasteiger partial charge in [-0.25, -0.2) is 4.57 Å². The van der Waals surface area contributed by atoms with E-state index in [1.807, 2.05) is 0 Å². The summed E-state index contributed by atoms with van der Waals surface area (Å²) in [5, 5.41) is 8.77. The summed E-state index contributed by atoms with van der Waals surface area (Å²) in [6, 6.07) is -1.51. The number of nitrogens with two attached hydrogens (primary N) is 1. The van der Waals surface area contributed by atoms with Crippen molar-refractivity contribution in [1.29, 1.82) is 0 Å². The zero-order valence-electron chi connectivity index (χ0n) is 24.0. The fraction of sp³-hybridized carbons (Fsp3) is 0.889. The minimum absolute atomic E-state index is 0.165. The van der Waals surface area contributed by atoms with Gasteiger partial charge in [0.05, 0.1) is 13.2 Å². The third-order valence-electron chi connectivity index (χ3n) is 6.11. The first-order chi connectivity index (χ1) is 18.6. The zero-order chi connectivity index (χ0) is 29.4. The van der Waals surface area contributed by atoms with Gasteiger partial charge in [-0.2, -0.15) is 0 Å². The summed E-state index contributed by atoms with van der Waals surface area (Å²) in [6.07, 6.45) is 15.2. The quantitative estimate of drug-likeness (QED) is 0.0621. The van der Waals surface area contributed by atoms with E-state index in [2.05, 4.69) is 18.4 Å². The summed E-state index contributed by atoms with van der Waals surface area (Å²) in [7, 11) is -4.68. The first-order valence-corrected chi connectivity index (χ1v) is 16.1. The molecule has 0 aliphatic carbocycles. The Morgan fingerprint density at radius 3 is 1.62 bits per heavy atom. The molecule has 0 aliphatic rings. The molecule has 11 nitrogen and oxygen atoms in total. The van der Waals surface area contributed by atoms with E-state index in [9.17, 15) is 23.8 Å². The van der Waals surface area contributed by atoms with Gasteiger partial charge < -0.3 is 25.2 Å². The van der Waals surface area contributed by atoms with Gasteiger partial charge in [-0.3, -0.25) is 23.4 Å². The maximum atomic E-state index is 12.3. The van der Waals surface area contributed by atoms with Crippen molar-refractivity contribution in [2.24, 2.45) is 5.73 Å². The van der Waals surface area contributed by atoms with E-state index in [0.717, 1.165) is 38.5 Å². The number of carbonyl (C=O) groups is 3. The molecule has 0 saturated carbocycles. The highest BCUT2D eigenvalue weighted by atomic mass is 31.2. The van der Waals surface area contributed by atoms with E-state index in [1.54, 1.807) is 0 Å². The fourth-order valence-corrected chi connectivity index (χ4v) is 4.49. The average Bonchev–Trinajstić information content (AvgIpc) is 2.89. The Bertz CT molecular complexity index is 706. The van der Waals surface area contributed by atoms with Gasteiger partial charge in [-0.15, -0.1) is 0 Å². The molecule has 0 radical (unpaired) electrons. The molecule has 0 aromatic heterocycles. The Morgan fingerprint density at radius 1 is 0.692 bits per heavy atom. The molecule has 3 unspecified atom stereocenters. The van der Waals surface area contributed by atoms with E-state index < -0.39 is 51.1 Å². The normalized spacial score (nSPS) is 14.4. The molecule has 0 bridgehead atoms. The van der Waals surface area contributed by atoms with Crippen molar-refractivity contribution in [3.63, 3.8) is 0 Å². The van der Waals surface area contributed by atoms with Crippen LogP contribution in [0.4, 0.5) is 0 Å². The molecule has 0 amide bonds. The second kappa shape index (κ2) is 24.3. The number of hydrogen-bond donors (Lipinski definition) is 3. The molecule has 0 heterocycles. The largest absolute Gasteiger partial charge is 0.480 e. The standard InChI is InChI=1S/C27H52NO10P/c1-3-5-7-9-11-13-15-17-19-26(30)38-23(21-36-39(33,34)37-22-24(28)27(31)32)20-35-25(29)18-16-14-12-10-8-6-4-2/h23-24H,3-22,28H2,1-2H3,(H,31,32)(H,33,34). The molecule has 3 atom stereocenters. The van der Waals surface area contributed by atoms with Crippen LogP contribution in [0, 0.1) is 0 Å². The van der Waals surface area contributed by atoms with E-state index in [1.165, 1.54) is 44.9 Å². The van der Waals surface area contributed by atoms with Crippen molar-refractivity contribution in [2.45, 2.75) is 135 Å². The summed E-state index contributed by atoms with van der Waals surface area (Å²) >= 11 is 0. The predicted molar refractivity (Wildman–Crippen MR) is 148 cm³/mol. The number of aliphatic carboxylic acids is 1. The Hall–Kier alpha value is -1.52. The van der Waals surface area contributed by atoms with Crippen molar-refractivity contribution < 1.29 is 47.5 Å². The highest BCUT2D eigenvalue weighted by molar-refractivity contribution is 7.47. The van der Waals surface area contributed by atoms with E-state index in [4.69, 9.17) is 24.8 Å². The molecule has 0 saturated heterocycles. The minimum Gasteiger partial charge on any atom is -0.480 e. The fourth-order valence-electron chi connectivity index (χ4n) is 3.71. The molecule has 0 aliphatic heterocycles. The second-order valence-corrected chi connectivity index (χ2v) is 11.3. The lowest BCUT2D eigenvalue weighted by Crippen LogP contribution is -2.34. The molecule has 0 spiro atoms. The van der Waals surface area contributed by atoms with E-state index in [0.29, 0.717) is 12.8 Å². The number of ether oxygens (including phenoxy) is 2. The molecular formula is C27H52NO10P. The summed E-state index contributed by atoms with van der Waals surface area (Å²) in [5.74, 6) is -2.39. The van der Waals surface area contributed by atoms with Gasteiger partial charge in [0.25, 0.3) is 0 Å². The van der Waals surface area contributed by atoms with Gasteiger partial charge in [0.2, 0.25) is 0 Å². The number of phosphoric ester groups is 1. The highest BCUT2D eigenvalue weighted by Crippen LogP contribution is 2.43. The number of carbonyl (C=O) groups excluding carboxylic acids is 2. The Morgan fingerprint density at radius 2 is 1.13 bits per heavy atom. The maximum Gasteiger partial charge on any atom is 0.472 e. The van der Waals surface area contributed by atoms with Crippen LogP contribution in [0.25, 0.3) is 0 Å². The highest BCUT2D eigenvalue weighted by Gasteiger charge is 2.28. The van der Waals surface area contributed by atoms with Crippen LogP contribution in [-0.2, 0) is 37.5 Å². The van der Waals surface area contributed by atoms with Crippen molar-refractivity contribution >= 4 is 25.7 Å². The van der Waals surface area contributed by atoms with Crippen LogP contribution in [0.5, 0.6) is 0 Å². The van der Waals surface area contributed by atoms with Crippen LogP contribution in [0.1, 0.15) is 123 Å². The second-order valence-electron chi connectivity index (χ2n) is 9.90. The van der Waals surface area contributed by atoms with E-state index >= 15 is 0 Å². The van der Waals surface area contributed by atoms with Crippen molar-refractivity contribution in [3.05, 3.63) is 0 Å². The number of rotatable bonds is 27. The van der Waals surface area contributed by atoms with Crippen LogP contribution in [0.2, 0.25) is 0 Å². The monoisotopic (exact) mass is 581 g/mol. The van der Waals surface area contributed by atoms with E-state index in [-0.39, 0.29) is 19.4 Å². The van der Waals surface area contributed by atoms with Crippen molar-refractivity contribution in [3.8, 4) is 0 Å². The minimum atomic E-state index is -4.68. The lowest BCUT2D eigenvalue weighted by atomic mass is 10.1. The van der Waals surface area contributed by atoms with Crippen LogP contribution in [0.15, 0.2) is 0 Å². The summed E-state index contributed by atoms with van der Waals surface area (Å²) in [6.45, 7) is 2.66. The van der Waals surface area contributed by atoms with Gasteiger partial charge in [0.15, 0.2) is 6.10 Å². The number of carboxylic acid groups (broad SMARTS) is 1. The number of esters is 2. The van der Waals surface area contributed by atoms with Gasteiger partial charge in [-0.05, 0) is 12.8 Å². The topological polar surface area (TPSA) is 172 Å². The molecule has 0 aromatic carbocycles. The van der Waals surface area contributed by atoms with Crippen molar-refractivity contribution in [2.75, 3.05) is 19.8 Å². The molecule has 0 fully saturated rings. The summed E-state index contributed by atoms with van der Waals surface area (Å²) < 4.78 is 32.1. The third-order valence-corrected chi connectivity index (χ3v) is 7.06. The first kappa shape index (κ1) is 37.5. The summed E-state index contributed by atoms with van der Waals surface area (Å²) in [4.78, 5) is 45.1. The molecule has 0 aromatic rings. The van der Waals surface area contributed by atoms with Crippen LogP contribution >= 0.6 is 7.82 Å². The Labute approximate surface area is 234 Å². The number of unbranched alkanes of at least 4 members (excludes halogenated alkanes) is 13. The van der Waals surface area contributed by atoms with Crippen LogP contribution in [0.3, 0.4) is 0 Å². The number of carboxylic acids is 1. The van der Waals surface area contributed by atoms with Crippen LogP contribution in [-0.4, -0.2) is 59.9 Å². The molecule has 39 heavy (non-hydrogen) atoms. The Balaban J connectivity index is 4.59. The SMILES string of the molecule is CCCCCCCCCCC(=O)OC(COC(=O)CCCCCCCCC)COP(=O)(O)OCC(N)C(=O)O. The molecular weight excluding hydrogens is 529 g/mol. The maximum absolute atomic E-state index is 12.3. The van der Waals surface area contributed by atoms with Gasteiger partial charge in [-0.1, -0.05) is 97.3 Å². The molecule has 4 N–H and O–H groups in total. The van der Waals surface area contributed by atoms with Gasteiger partial charge in [0, 0.05) is 12.8 Å². The van der Waals surface area contributed by atoms with Crippen molar-refractivity contribution in [1.82, 2.24) is 0 Å². The molecule has 12 heteroatoms. The van der Waals surface area contributed by atoms with Gasteiger partial charge in [0.1, 0.15) is 12.6 Å². The lowest BCUT2D eigenvalue weighted by molar-refractivity contribution is -0.161. The average molecular weight is 582 g/mol. The predicted octanol–water partition coefficient (Wildman–Crippen LogP) is 5.66. The molecule has 230 valence electrons. The Kier molecular flexibility index (Phi) is 23.3. The lowest BCUT2D eigenvalue weighted by Gasteiger charge is -2.20. The van der Waals surface area contributed by atoms with Gasteiger partial charge >= 0.3 is 25.7 Å². The number of hydrogen-bond acceptors (Lipinski definition) is 9. The third kappa shape index (κ3) is 24.0. The van der Waals surface area contributed by atoms with Crippen LogP contribution < -0.4 is 5.73 Å². The number of phosphoric acid groups is 1. The first-order valence-electron chi connectivity index (χ1n) is 14.6. The summed E-state index contributed by atoms with van der Waals surface area (Å²) in [5.41, 5.74) is 5.27.